The fourth-order valence-electron chi connectivity index (χ4n) is 3.64. The maximum atomic E-state index is 11.3. The Bertz CT molecular complexity index is 1100. The van der Waals surface area contributed by atoms with Crippen LogP contribution < -0.4 is 14.8 Å². The molecule has 1 aliphatic rings. The predicted octanol–water partition coefficient (Wildman–Crippen LogP) is 3.99. The number of aryl methyl sites for hydroxylation is 1. The predicted molar refractivity (Wildman–Crippen MR) is 117 cm³/mol. The van der Waals surface area contributed by atoms with Gasteiger partial charge in [0.25, 0.3) is 0 Å². The van der Waals surface area contributed by atoms with Gasteiger partial charge in [-0.25, -0.2) is 9.97 Å². The summed E-state index contributed by atoms with van der Waals surface area (Å²) in [5, 5.41) is 16.0. The summed E-state index contributed by atoms with van der Waals surface area (Å²) in [6.45, 7) is 6.69. The Hall–Kier alpha value is -2.71. The van der Waals surface area contributed by atoms with Gasteiger partial charge in [-0.1, -0.05) is 13.8 Å². The molecule has 2 atom stereocenters. The summed E-state index contributed by atoms with van der Waals surface area (Å²) in [6.07, 6.45) is 0.188. The van der Waals surface area contributed by atoms with Crippen molar-refractivity contribution in [3.05, 3.63) is 34.8 Å². The summed E-state index contributed by atoms with van der Waals surface area (Å²) in [4.78, 5) is 20.9. The van der Waals surface area contributed by atoms with Gasteiger partial charge in [-0.05, 0) is 25.0 Å². The van der Waals surface area contributed by atoms with Gasteiger partial charge < -0.3 is 19.9 Å². The molecule has 3 aromatic rings. The van der Waals surface area contributed by atoms with Gasteiger partial charge in [0.05, 0.1) is 18.3 Å². The zero-order chi connectivity index (χ0) is 21.4. The van der Waals surface area contributed by atoms with Gasteiger partial charge in [-0.15, -0.1) is 11.3 Å². The molecule has 0 aliphatic carbocycles. The first-order chi connectivity index (χ1) is 14.4. The van der Waals surface area contributed by atoms with Gasteiger partial charge in [0.15, 0.2) is 0 Å². The number of methoxy groups -OCH3 is 1. The molecule has 7 nitrogen and oxygen atoms in total. The highest BCUT2D eigenvalue weighted by molar-refractivity contribution is 7.13. The number of carboxylic acid groups (broad SMARTS) is 1. The molecule has 0 spiro atoms. The molecule has 30 heavy (non-hydrogen) atoms. The number of nitrogens with one attached hydrogen (secondary N) is 1. The Morgan fingerprint density at radius 3 is 2.73 bits per heavy atom. The fraction of sp³-hybridized carbons (Fsp3) is 0.409. The number of carbonyl (C=O) groups is 1. The topological polar surface area (TPSA) is 93.6 Å². The number of ether oxygens (including phenoxy) is 2. The van der Waals surface area contributed by atoms with E-state index in [1.54, 1.807) is 18.4 Å². The third-order valence-corrected chi connectivity index (χ3v) is 6.26. The molecule has 8 heteroatoms. The lowest BCUT2D eigenvalue weighted by atomic mass is 10.1. The van der Waals surface area contributed by atoms with Crippen LogP contribution in [0.2, 0.25) is 0 Å². The van der Waals surface area contributed by atoms with Crippen LogP contribution >= 0.6 is 11.3 Å². The van der Waals surface area contributed by atoms with Gasteiger partial charge in [0, 0.05) is 35.4 Å². The van der Waals surface area contributed by atoms with E-state index in [0.29, 0.717) is 24.6 Å². The third-order valence-electron chi connectivity index (χ3n) is 5.38. The molecule has 158 valence electrons. The van der Waals surface area contributed by atoms with Crippen LogP contribution in [-0.2, 0) is 4.79 Å². The van der Waals surface area contributed by atoms with Crippen molar-refractivity contribution in [2.75, 3.05) is 13.7 Å². The molecule has 1 aromatic carbocycles. The lowest BCUT2D eigenvalue weighted by Crippen LogP contribution is -2.30. The lowest BCUT2D eigenvalue weighted by Gasteiger charge is -2.17. The van der Waals surface area contributed by atoms with Crippen LogP contribution in [0.25, 0.3) is 21.6 Å². The minimum Gasteiger partial charge on any atom is -0.496 e. The molecule has 3 heterocycles. The number of fused-ring (bicyclic) bond motifs is 1. The summed E-state index contributed by atoms with van der Waals surface area (Å²) in [5.74, 6) is 0.921. The van der Waals surface area contributed by atoms with Crippen molar-refractivity contribution in [1.29, 1.82) is 0 Å². The minimum atomic E-state index is -0.856. The van der Waals surface area contributed by atoms with Crippen molar-refractivity contribution < 1.29 is 19.4 Å². The van der Waals surface area contributed by atoms with E-state index in [4.69, 9.17) is 19.4 Å². The van der Waals surface area contributed by atoms with Gasteiger partial charge in [-0.2, -0.15) is 0 Å². The number of pyridine rings is 1. The first kappa shape index (κ1) is 20.6. The fourth-order valence-corrected chi connectivity index (χ4v) is 4.58. The molecule has 4 rings (SSSR count). The average molecular weight is 428 g/mol. The number of carboxylic acids is 1. The zero-order valence-electron chi connectivity index (χ0n) is 17.4. The van der Waals surface area contributed by atoms with E-state index in [-0.39, 0.29) is 6.10 Å². The summed E-state index contributed by atoms with van der Waals surface area (Å²) in [7, 11) is 1.64. The van der Waals surface area contributed by atoms with Crippen LogP contribution in [0.15, 0.2) is 23.6 Å². The van der Waals surface area contributed by atoms with Gasteiger partial charge in [-0.3, -0.25) is 4.79 Å². The Kier molecular flexibility index (Phi) is 5.62. The number of benzene rings is 1. The van der Waals surface area contributed by atoms with Crippen LogP contribution in [0.1, 0.15) is 37.4 Å². The molecule has 2 N–H and O–H groups in total. The van der Waals surface area contributed by atoms with Gasteiger partial charge >= 0.3 is 5.97 Å². The second kappa shape index (κ2) is 8.20. The van der Waals surface area contributed by atoms with Crippen LogP contribution in [0, 0.1) is 6.92 Å². The minimum absolute atomic E-state index is 0.227. The Morgan fingerprint density at radius 1 is 1.30 bits per heavy atom. The highest BCUT2D eigenvalue weighted by atomic mass is 32.1. The van der Waals surface area contributed by atoms with E-state index in [1.165, 1.54) is 0 Å². The zero-order valence-corrected chi connectivity index (χ0v) is 18.2. The monoisotopic (exact) mass is 427 g/mol. The third kappa shape index (κ3) is 3.85. The van der Waals surface area contributed by atoms with E-state index < -0.39 is 12.0 Å². The van der Waals surface area contributed by atoms with E-state index in [0.717, 1.165) is 38.6 Å². The summed E-state index contributed by atoms with van der Waals surface area (Å²) < 4.78 is 11.8. The number of thiazole rings is 1. The number of hydrogen-bond acceptors (Lipinski definition) is 7. The molecule has 0 radical (unpaired) electrons. The number of rotatable bonds is 6. The molecule has 0 saturated carbocycles. The van der Waals surface area contributed by atoms with Gasteiger partial charge in [0.1, 0.15) is 34.3 Å². The maximum absolute atomic E-state index is 11.3. The number of hydrogen-bond donors (Lipinski definition) is 2. The maximum Gasteiger partial charge on any atom is 0.320 e. The quantitative estimate of drug-likeness (QED) is 0.614. The molecular formula is C22H25N3O4S. The van der Waals surface area contributed by atoms with Crippen LogP contribution in [-0.4, -0.2) is 46.8 Å². The Morgan fingerprint density at radius 2 is 2.10 bits per heavy atom. The number of aliphatic carboxylic acids is 1. The highest BCUT2D eigenvalue weighted by Gasteiger charge is 2.31. The average Bonchev–Trinajstić information content (AvgIpc) is 3.38. The van der Waals surface area contributed by atoms with Crippen molar-refractivity contribution in [2.45, 2.75) is 45.3 Å². The Balaban J connectivity index is 1.79. The highest BCUT2D eigenvalue weighted by Crippen LogP contribution is 2.37. The van der Waals surface area contributed by atoms with E-state index in [2.05, 4.69) is 24.5 Å². The molecule has 1 fully saturated rings. The molecular weight excluding hydrogens is 402 g/mol. The van der Waals surface area contributed by atoms with Gasteiger partial charge in [0.2, 0.25) is 0 Å². The van der Waals surface area contributed by atoms with Crippen molar-refractivity contribution in [3.8, 4) is 22.2 Å². The molecule has 1 saturated heterocycles. The number of aromatic nitrogens is 2. The SMILES string of the molecule is COc1ccc2c(O[C@H]3CN[C@H](C(=O)O)C3)cc(-c3nc(C(C)C)cs3)nc2c1C. The first-order valence-electron chi connectivity index (χ1n) is 9.94. The lowest BCUT2D eigenvalue weighted by molar-refractivity contribution is -0.139. The molecule has 2 aromatic heterocycles. The normalized spacial score (nSPS) is 18.8. The Labute approximate surface area is 179 Å². The molecule has 0 unspecified atom stereocenters. The van der Waals surface area contributed by atoms with Crippen LogP contribution in [0.5, 0.6) is 11.5 Å². The van der Waals surface area contributed by atoms with Crippen molar-refractivity contribution in [1.82, 2.24) is 15.3 Å². The second-order valence-corrected chi connectivity index (χ2v) is 8.66. The van der Waals surface area contributed by atoms with E-state index >= 15 is 0 Å². The van der Waals surface area contributed by atoms with Crippen molar-refractivity contribution in [2.24, 2.45) is 0 Å². The molecule has 0 amide bonds. The van der Waals surface area contributed by atoms with Crippen molar-refractivity contribution >= 4 is 28.2 Å². The van der Waals surface area contributed by atoms with Crippen LogP contribution in [0.3, 0.4) is 0 Å². The standard InChI is InChI=1S/C22H25N3O4S/c1-11(2)17-10-30-21(25-17)15-8-19(29-13-7-16(22(26)27)23-9-13)14-5-6-18(28-4)12(3)20(14)24-15/h5-6,8,10-11,13,16,23H,7,9H2,1-4H3,(H,26,27)/t13-,16+/m1/s1. The van der Waals surface area contributed by atoms with E-state index in [9.17, 15) is 9.90 Å². The first-order valence-corrected chi connectivity index (χ1v) is 10.8. The molecule has 0 bridgehead atoms. The number of nitrogens with zero attached hydrogens (tertiary/aromatic N) is 2. The van der Waals surface area contributed by atoms with Crippen LogP contribution in [0.4, 0.5) is 0 Å². The van der Waals surface area contributed by atoms with Crippen molar-refractivity contribution in [3.63, 3.8) is 0 Å². The summed E-state index contributed by atoms with van der Waals surface area (Å²) in [6, 6.07) is 5.16. The molecule has 1 aliphatic heterocycles. The van der Waals surface area contributed by atoms with E-state index in [1.807, 2.05) is 25.1 Å². The summed E-state index contributed by atoms with van der Waals surface area (Å²) >= 11 is 1.56. The smallest absolute Gasteiger partial charge is 0.320 e. The summed E-state index contributed by atoms with van der Waals surface area (Å²) in [5.41, 5.74) is 3.50. The second-order valence-electron chi connectivity index (χ2n) is 7.80. The largest absolute Gasteiger partial charge is 0.496 e.